The van der Waals surface area contributed by atoms with Crippen LogP contribution in [0.3, 0.4) is 0 Å². The van der Waals surface area contributed by atoms with Crippen molar-refractivity contribution in [2.45, 2.75) is 24.0 Å². The Kier molecular flexibility index (Phi) is 3.48. The van der Waals surface area contributed by atoms with Crippen LogP contribution in [0.25, 0.3) is 0 Å². The topological polar surface area (TPSA) is 85.1 Å². The number of sulfonamides is 1. The fraction of sp³-hybridized carbons (Fsp3) is 0.500. The number of nitrogens with two attached hydrogens (primary N) is 1. The number of nitrogens with one attached hydrogen (secondary N) is 1. The van der Waals surface area contributed by atoms with Gasteiger partial charge in [0.2, 0.25) is 10.0 Å². The van der Waals surface area contributed by atoms with Gasteiger partial charge < -0.3 is 5.32 Å². The Morgan fingerprint density at radius 1 is 1.56 bits per heavy atom. The molecule has 0 aromatic carbocycles. The van der Waals surface area contributed by atoms with Crippen molar-refractivity contribution in [2.24, 2.45) is 5.14 Å². The quantitative estimate of drug-likeness (QED) is 0.881. The normalized spacial score (nSPS) is 18.2. The molecule has 1 fully saturated rings. The molecule has 1 heterocycles. The van der Waals surface area contributed by atoms with E-state index in [2.05, 4.69) is 10.3 Å². The monoisotopic (exact) mass is 293 g/mol. The van der Waals surface area contributed by atoms with Crippen molar-refractivity contribution in [3.63, 3.8) is 0 Å². The summed E-state index contributed by atoms with van der Waals surface area (Å²) in [7, 11) is -3.66. The zero-order chi connectivity index (χ0) is 13.4. The van der Waals surface area contributed by atoms with Gasteiger partial charge in [-0.2, -0.15) is 0 Å². The highest BCUT2D eigenvalue weighted by molar-refractivity contribution is 7.90. The first-order valence-corrected chi connectivity index (χ1v) is 7.34. The van der Waals surface area contributed by atoms with Crippen LogP contribution in [-0.2, 0) is 10.0 Å². The van der Waals surface area contributed by atoms with Crippen LogP contribution in [-0.4, -0.2) is 24.7 Å². The van der Waals surface area contributed by atoms with Crippen LogP contribution in [0.5, 0.6) is 0 Å². The molecule has 3 N–H and O–H groups in total. The average Bonchev–Trinajstić information content (AvgIpc) is 2.16. The lowest BCUT2D eigenvalue weighted by Crippen LogP contribution is -2.53. The molecule has 100 valence electrons. The highest BCUT2D eigenvalue weighted by Gasteiger charge is 2.47. The minimum atomic E-state index is -3.66. The summed E-state index contributed by atoms with van der Waals surface area (Å²) < 4.78 is 35.5. The van der Waals surface area contributed by atoms with Crippen molar-refractivity contribution in [1.29, 1.82) is 0 Å². The van der Waals surface area contributed by atoms with Gasteiger partial charge in [-0.15, -0.1) is 0 Å². The molecule has 1 aliphatic carbocycles. The van der Waals surface area contributed by atoms with E-state index in [1.165, 1.54) is 6.20 Å². The number of anilines is 1. The van der Waals surface area contributed by atoms with Crippen LogP contribution in [0.1, 0.15) is 19.3 Å². The van der Waals surface area contributed by atoms with Gasteiger partial charge in [0, 0.05) is 12.7 Å². The summed E-state index contributed by atoms with van der Waals surface area (Å²) in [5, 5.41) is 8.07. The molecule has 5 nitrogen and oxygen atoms in total. The Bertz CT molecular complexity index is 560. The predicted molar refractivity (Wildman–Crippen MR) is 67.4 cm³/mol. The van der Waals surface area contributed by atoms with E-state index in [4.69, 9.17) is 16.7 Å². The van der Waals surface area contributed by atoms with Gasteiger partial charge in [-0.05, 0) is 18.9 Å². The smallest absolute Gasteiger partial charge is 0.216 e. The molecule has 1 aromatic heterocycles. The molecule has 2 rings (SSSR count). The van der Waals surface area contributed by atoms with Crippen LogP contribution >= 0.6 is 11.6 Å². The second-order valence-corrected chi connectivity index (χ2v) is 6.81. The van der Waals surface area contributed by atoms with Gasteiger partial charge in [-0.3, -0.25) is 0 Å². The molecule has 0 unspecified atom stereocenters. The van der Waals surface area contributed by atoms with E-state index >= 15 is 0 Å². The van der Waals surface area contributed by atoms with Gasteiger partial charge in [-0.1, -0.05) is 18.0 Å². The van der Waals surface area contributed by atoms with Crippen molar-refractivity contribution < 1.29 is 12.8 Å². The predicted octanol–water partition coefficient (Wildman–Crippen LogP) is 1.50. The van der Waals surface area contributed by atoms with Crippen molar-refractivity contribution in [3.05, 3.63) is 23.1 Å². The number of rotatable bonds is 4. The SMILES string of the molecule is NS(=O)(=O)C1(CNc2ncc(Cl)cc2F)CCC1. The Hall–Kier alpha value is -0.920. The lowest BCUT2D eigenvalue weighted by molar-refractivity contribution is 0.351. The summed E-state index contributed by atoms with van der Waals surface area (Å²) in [6.07, 6.45) is 3.05. The molecule has 18 heavy (non-hydrogen) atoms. The number of hydrogen-bond acceptors (Lipinski definition) is 4. The second kappa shape index (κ2) is 4.64. The van der Waals surface area contributed by atoms with Crippen LogP contribution in [0.15, 0.2) is 12.3 Å². The Balaban J connectivity index is 2.12. The number of halogens is 2. The van der Waals surface area contributed by atoms with Gasteiger partial charge in [0.15, 0.2) is 11.6 Å². The van der Waals surface area contributed by atoms with E-state index in [9.17, 15) is 12.8 Å². The number of nitrogens with zero attached hydrogens (tertiary/aromatic N) is 1. The largest absolute Gasteiger partial charge is 0.366 e. The highest BCUT2D eigenvalue weighted by Crippen LogP contribution is 2.38. The van der Waals surface area contributed by atoms with Gasteiger partial charge in [-0.25, -0.2) is 22.9 Å². The molecule has 1 aliphatic rings. The van der Waals surface area contributed by atoms with E-state index in [0.29, 0.717) is 12.8 Å². The summed E-state index contributed by atoms with van der Waals surface area (Å²) in [4.78, 5) is 3.77. The first-order chi connectivity index (χ1) is 8.34. The Labute approximate surface area is 110 Å². The minimum Gasteiger partial charge on any atom is -0.366 e. The van der Waals surface area contributed by atoms with E-state index < -0.39 is 20.6 Å². The Morgan fingerprint density at radius 3 is 2.67 bits per heavy atom. The summed E-state index contributed by atoms with van der Waals surface area (Å²) >= 11 is 5.57. The molecule has 0 radical (unpaired) electrons. The van der Waals surface area contributed by atoms with Crippen molar-refractivity contribution in [1.82, 2.24) is 4.98 Å². The summed E-state index contributed by atoms with van der Waals surface area (Å²) in [6, 6.07) is 1.11. The van der Waals surface area contributed by atoms with Crippen molar-refractivity contribution >= 4 is 27.4 Å². The van der Waals surface area contributed by atoms with Gasteiger partial charge in [0.05, 0.1) is 5.02 Å². The van der Waals surface area contributed by atoms with Gasteiger partial charge in [0.1, 0.15) is 4.75 Å². The molecule has 1 saturated carbocycles. The first kappa shape index (κ1) is 13.5. The summed E-state index contributed by atoms with van der Waals surface area (Å²) in [5.74, 6) is -0.638. The number of aromatic nitrogens is 1. The second-order valence-electron chi connectivity index (χ2n) is 4.42. The molecule has 0 atom stereocenters. The fourth-order valence-electron chi connectivity index (χ4n) is 1.92. The standard InChI is InChI=1S/C10H13ClFN3O2S/c11-7-4-8(12)9(14-5-7)15-6-10(2-1-3-10)18(13,16)17/h4-5H,1-3,6H2,(H,14,15)(H2,13,16,17). The third-order valence-electron chi connectivity index (χ3n) is 3.25. The van der Waals surface area contributed by atoms with Crippen molar-refractivity contribution in [2.75, 3.05) is 11.9 Å². The first-order valence-electron chi connectivity index (χ1n) is 5.41. The van der Waals surface area contributed by atoms with Gasteiger partial charge >= 0.3 is 0 Å². The zero-order valence-electron chi connectivity index (χ0n) is 9.49. The van der Waals surface area contributed by atoms with E-state index in [-0.39, 0.29) is 17.4 Å². The molecule has 1 aromatic rings. The maximum atomic E-state index is 13.5. The molecular formula is C10H13ClFN3O2S. The lowest BCUT2D eigenvalue weighted by Gasteiger charge is -2.39. The molecule has 0 aliphatic heterocycles. The highest BCUT2D eigenvalue weighted by atomic mass is 35.5. The lowest BCUT2D eigenvalue weighted by atomic mass is 9.84. The van der Waals surface area contributed by atoms with E-state index in [1.807, 2.05) is 0 Å². The van der Waals surface area contributed by atoms with Gasteiger partial charge in [0.25, 0.3) is 0 Å². The Morgan fingerprint density at radius 2 is 2.22 bits per heavy atom. The van der Waals surface area contributed by atoms with Crippen LogP contribution in [0, 0.1) is 5.82 Å². The third-order valence-corrected chi connectivity index (χ3v) is 5.22. The molecule has 0 bridgehead atoms. The average molecular weight is 294 g/mol. The van der Waals surface area contributed by atoms with Crippen LogP contribution in [0.2, 0.25) is 5.02 Å². The van der Waals surface area contributed by atoms with Crippen LogP contribution in [0.4, 0.5) is 10.2 Å². The number of pyridine rings is 1. The molecule has 8 heteroatoms. The maximum absolute atomic E-state index is 13.5. The van der Waals surface area contributed by atoms with Crippen LogP contribution < -0.4 is 10.5 Å². The van der Waals surface area contributed by atoms with E-state index in [1.54, 1.807) is 0 Å². The fourth-order valence-corrected chi connectivity index (χ4v) is 3.20. The molecule has 0 amide bonds. The number of primary sulfonamides is 1. The third kappa shape index (κ3) is 2.43. The molecule has 0 spiro atoms. The maximum Gasteiger partial charge on any atom is 0.216 e. The molecular weight excluding hydrogens is 281 g/mol. The number of hydrogen-bond donors (Lipinski definition) is 2. The zero-order valence-corrected chi connectivity index (χ0v) is 11.1. The minimum absolute atomic E-state index is 0.0191. The summed E-state index contributed by atoms with van der Waals surface area (Å²) in [6.45, 7) is 0.0530. The molecule has 0 saturated heterocycles. The van der Waals surface area contributed by atoms with Crippen molar-refractivity contribution in [3.8, 4) is 0 Å². The summed E-state index contributed by atoms with van der Waals surface area (Å²) in [5.41, 5.74) is 0. The van der Waals surface area contributed by atoms with E-state index in [0.717, 1.165) is 12.5 Å².